The van der Waals surface area contributed by atoms with E-state index < -0.39 is 0 Å². The van der Waals surface area contributed by atoms with E-state index in [0.717, 1.165) is 20.1 Å². The standard InChI is InChI=1S/C23H23Br2NO5/c1-28-13-30-21-5-3-15(9-19(21)24)7-17-11-26-12-18(23(17)27)8-16-4-6-22(20(25)10-16)31-14-29-2/h3-10,26H,11-14H2,1-2H3/b17-7+,18-8+. The molecule has 0 radical (unpaired) electrons. The Morgan fingerprint density at radius 3 is 1.68 bits per heavy atom. The fraction of sp³-hybridized carbons (Fsp3) is 0.261. The lowest BCUT2D eigenvalue weighted by atomic mass is 9.95. The van der Waals surface area contributed by atoms with Gasteiger partial charge in [-0.3, -0.25) is 4.79 Å². The van der Waals surface area contributed by atoms with E-state index in [1.807, 2.05) is 48.6 Å². The minimum Gasteiger partial charge on any atom is -0.466 e. The molecule has 0 atom stereocenters. The number of halogens is 2. The predicted molar refractivity (Wildman–Crippen MR) is 127 cm³/mol. The molecule has 0 amide bonds. The fourth-order valence-electron chi connectivity index (χ4n) is 3.03. The molecule has 0 spiro atoms. The van der Waals surface area contributed by atoms with Crippen LogP contribution in [-0.4, -0.2) is 46.7 Å². The van der Waals surface area contributed by atoms with Crippen molar-refractivity contribution in [3.63, 3.8) is 0 Å². The lowest BCUT2D eigenvalue weighted by Crippen LogP contribution is -2.32. The highest BCUT2D eigenvalue weighted by Gasteiger charge is 2.20. The van der Waals surface area contributed by atoms with E-state index in [2.05, 4.69) is 37.2 Å². The van der Waals surface area contributed by atoms with Crippen LogP contribution in [0.5, 0.6) is 11.5 Å². The average Bonchev–Trinajstić information content (AvgIpc) is 2.75. The number of ether oxygens (including phenoxy) is 4. The first-order chi connectivity index (χ1) is 15.0. The van der Waals surface area contributed by atoms with Crippen LogP contribution in [0.3, 0.4) is 0 Å². The van der Waals surface area contributed by atoms with E-state index in [4.69, 9.17) is 18.9 Å². The molecule has 1 saturated heterocycles. The number of ketones is 1. The number of rotatable bonds is 8. The number of carbonyl (C=O) groups excluding carboxylic acids is 1. The minimum atomic E-state index is 0.0328. The Bertz CT molecular complexity index is 926. The van der Waals surface area contributed by atoms with Crippen molar-refractivity contribution in [3.8, 4) is 11.5 Å². The number of Topliss-reactive ketones (excluding diaryl/α,β-unsaturated/α-hetero) is 1. The van der Waals surface area contributed by atoms with Crippen molar-refractivity contribution in [3.05, 3.63) is 67.6 Å². The predicted octanol–water partition coefficient (Wildman–Crippen LogP) is 4.82. The third kappa shape index (κ3) is 6.51. The Morgan fingerprint density at radius 1 is 0.839 bits per heavy atom. The molecule has 2 aromatic carbocycles. The molecule has 0 unspecified atom stereocenters. The summed E-state index contributed by atoms with van der Waals surface area (Å²) in [4.78, 5) is 13.0. The van der Waals surface area contributed by atoms with Crippen LogP contribution in [0, 0.1) is 0 Å². The Kier molecular flexibility index (Phi) is 8.86. The number of nitrogens with one attached hydrogen (secondary N) is 1. The van der Waals surface area contributed by atoms with Crippen molar-refractivity contribution in [2.24, 2.45) is 0 Å². The zero-order chi connectivity index (χ0) is 22.2. The van der Waals surface area contributed by atoms with Gasteiger partial charge in [0.1, 0.15) is 11.5 Å². The summed E-state index contributed by atoms with van der Waals surface area (Å²) >= 11 is 6.99. The van der Waals surface area contributed by atoms with Gasteiger partial charge in [-0.2, -0.15) is 0 Å². The molecule has 0 saturated carbocycles. The molecule has 164 valence electrons. The minimum absolute atomic E-state index is 0.0328. The number of piperidine rings is 1. The van der Waals surface area contributed by atoms with E-state index in [1.165, 1.54) is 0 Å². The van der Waals surface area contributed by atoms with Gasteiger partial charge in [-0.1, -0.05) is 12.1 Å². The van der Waals surface area contributed by atoms with Gasteiger partial charge in [-0.15, -0.1) is 0 Å². The molecule has 0 aliphatic carbocycles. The highest BCUT2D eigenvalue weighted by molar-refractivity contribution is 9.10. The van der Waals surface area contributed by atoms with Crippen molar-refractivity contribution >= 4 is 49.8 Å². The van der Waals surface area contributed by atoms with Crippen molar-refractivity contribution in [1.82, 2.24) is 5.32 Å². The molecule has 2 aromatic rings. The molecular formula is C23H23Br2NO5. The molecule has 31 heavy (non-hydrogen) atoms. The Morgan fingerprint density at radius 2 is 1.29 bits per heavy atom. The van der Waals surface area contributed by atoms with Crippen molar-refractivity contribution < 1.29 is 23.7 Å². The smallest absolute Gasteiger partial charge is 0.188 e. The largest absolute Gasteiger partial charge is 0.466 e. The van der Waals surface area contributed by atoms with Crippen LogP contribution in [0.4, 0.5) is 0 Å². The molecule has 0 aromatic heterocycles. The maximum atomic E-state index is 13.0. The van der Waals surface area contributed by atoms with Crippen LogP contribution in [0.1, 0.15) is 11.1 Å². The summed E-state index contributed by atoms with van der Waals surface area (Å²) in [6.45, 7) is 1.38. The Labute approximate surface area is 198 Å². The van der Waals surface area contributed by atoms with Gasteiger partial charge in [0.2, 0.25) is 0 Å². The average molecular weight is 553 g/mol. The monoisotopic (exact) mass is 551 g/mol. The van der Waals surface area contributed by atoms with E-state index in [9.17, 15) is 4.79 Å². The number of hydrogen-bond donors (Lipinski definition) is 1. The first-order valence-corrected chi connectivity index (χ1v) is 11.1. The quantitative estimate of drug-likeness (QED) is 0.374. The number of hydrogen-bond acceptors (Lipinski definition) is 6. The normalized spacial score (nSPS) is 16.7. The van der Waals surface area contributed by atoms with Crippen LogP contribution in [-0.2, 0) is 14.3 Å². The second-order valence-electron chi connectivity index (χ2n) is 6.75. The van der Waals surface area contributed by atoms with Crippen LogP contribution in [0.15, 0.2) is 56.5 Å². The van der Waals surface area contributed by atoms with Gasteiger partial charge >= 0.3 is 0 Å². The second-order valence-corrected chi connectivity index (χ2v) is 8.46. The third-order valence-corrected chi connectivity index (χ3v) is 5.71. The van der Waals surface area contributed by atoms with Gasteiger partial charge in [0.05, 0.1) is 8.95 Å². The molecule has 1 aliphatic rings. The highest BCUT2D eigenvalue weighted by atomic mass is 79.9. The maximum absolute atomic E-state index is 13.0. The summed E-state index contributed by atoms with van der Waals surface area (Å²) < 4.78 is 22.4. The zero-order valence-electron chi connectivity index (χ0n) is 17.2. The topological polar surface area (TPSA) is 66.0 Å². The number of carbonyl (C=O) groups is 1. The van der Waals surface area contributed by atoms with Crippen LogP contribution in [0.2, 0.25) is 0 Å². The first-order valence-electron chi connectivity index (χ1n) is 9.51. The fourth-order valence-corrected chi connectivity index (χ4v) is 4.05. The molecule has 6 nitrogen and oxygen atoms in total. The molecule has 1 fully saturated rings. The van der Waals surface area contributed by atoms with Gasteiger partial charge in [0, 0.05) is 38.5 Å². The van der Waals surface area contributed by atoms with Crippen molar-refractivity contribution in [1.29, 1.82) is 0 Å². The Balaban J connectivity index is 1.78. The summed E-state index contributed by atoms with van der Waals surface area (Å²) in [5.41, 5.74) is 3.22. The molecule has 3 rings (SSSR count). The molecule has 8 heteroatoms. The van der Waals surface area contributed by atoms with Crippen molar-refractivity contribution in [2.75, 3.05) is 40.9 Å². The summed E-state index contributed by atoms with van der Waals surface area (Å²) in [6, 6.07) is 11.3. The summed E-state index contributed by atoms with van der Waals surface area (Å²) in [5.74, 6) is 1.40. The molecule has 1 aliphatic heterocycles. The van der Waals surface area contributed by atoms with Crippen LogP contribution < -0.4 is 14.8 Å². The number of methoxy groups -OCH3 is 2. The highest BCUT2D eigenvalue weighted by Crippen LogP contribution is 2.29. The zero-order valence-corrected chi connectivity index (χ0v) is 20.4. The summed E-state index contributed by atoms with van der Waals surface area (Å²) in [7, 11) is 3.14. The molecular weight excluding hydrogens is 530 g/mol. The van der Waals surface area contributed by atoms with Crippen LogP contribution in [0.25, 0.3) is 12.2 Å². The summed E-state index contributed by atoms with van der Waals surface area (Å²) in [6.07, 6.45) is 3.79. The van der Waals surface area contributed by atoms with E-state index >= 15 is 0 Å². The maximum Gasteiger partial charge on any atom is 0.188 e. The lowest BCUT2D eigenvalue weighted by molar-refractivity contribution is -0.112. The Hall–Kier alpha value is -1.97. The van der Waals surface area contributed by atoms with Gasteiger partial charge in [-0.25, -0.2) is 0 Å². The second kappa shape index (κ2) is 11.6. The van der Waals surface area contributed by atoms with Gasteiger partial charge < -0.3 is 24.3 Å². The van der Waals surface area contributed by atoms with E-state index in [1.54, 1.807) is 14.2 Å². The first kappa shape index (κ1) is 23.7. The van der Waals surface area contributed by atoms with Crippen molar-refractivity contribution in [2.45, 2.75) is 0 Å². The van der Waals surface area contributed by atoms with E-state index in [0.29, 0.717) is 35.7 Å². The van der Waals surface area contributed by atoms with Gasteiger partial charge in [-0.05, 0) is 79.4 Å². The summed E-state index contributed by atoms with van der Waals surface area (Å²) in [5, 5.41) is 3.30. The molecule has 1 heterocycles. The molecule has 1 N–H and O–H groups in total. The van der Waals surface area contributed by atoms with Crippen LogP contribution >= 0.6 is 31.9 Å². The number of benzene rings is 2. The SMILES string of the molecule is COCOc1ccc(/C=C2\CNC/C(=C\c3ccc(OCOC)c(Br)c3)C2=O)cc1Br. The third-order valence-electron chi connectivity index (χ3n) is 4.47. The lowest BCUT2D eigenvalue weighted by Gasteiger charge is -2.18. The van der Waals surface area contributed by atoms with E-state index in [-0.39, 0.29) is 19.4 Å². The van der Waals surface area contributed by atoms with Gasteiger partial charge in [0.15, 0.2) is 19.4 Å². The van der Waals surface area contributed by atoms with Gasteiger partial charge in [0.25, 0.3) is 0 Å². The molecule has 0 bridgehead atoms.